The summed E-state index contributed by atoms with van der Waals surface area (Å²) in [5.74, 6) is 0.0437. The van der Waals surface area contributed by atoms with E-state index in [1.165, 1.54) is 0 Å². The SMILES string of the molecule is Cc1cncc(C(=O)N2CC3CCC(C2)N3C2c3ccccc3CS(=O)(=O)c3ccccc32)c1. The molecular formula is C27H27N3O3S. The zero-order chi connectivity index (χ0) is 23.4. The van der Waals surface area contributed by atoms with Crippen LogP contribution in [0.25, 0.3) is 0 Å². The molecule has 7 heteroatoms. The minimum Gasteiger partial charge on any atom is -0.335 e. The molecule has 2 bridgehead atoms. The number of hydrogen-bond acceptors (Lipinski definition) is 5. The van der Waals surface area contributed by atoms with Crippen molar-refractivity contribution >= 4 is 15.7 Å². The van der Waals surface area contributed by atoms with Crippen LogP contribution in [-0.2, 0) is 15.6 Å². The average molecular weight is 474 g/mol. The van der Waals surface area contributed by atoms with Crippen LogP contribution in [0.15, 0.2) is 71.9 Å². The van der Waals surface area contributed by atoms with Gasteiger partial charge in [-0.2, -0.15) is 0 Å². The van der Waals surface area contributed by atoms with Crippen LogP contribution < -0.4 is 0 Å². The molecule has 0 saturated carbocycles. The van der Waals surface area contributed by atoms with Gasteiger partial charge in [0.05, 0.1) is 22.3 Å². The number of likely N-dealkylation sites (tertiary alicyclic amines) is 1. The van der Waals surface area contributed by atoms with Crippen LogP contribution in [-0.4, -0.2) is 54.3 Å². The number of carbonyl (C=O) groups excluding carboxylic acids is 1. The predicted octanol–water partition coefficient (Wildman–Crippen LogP) is 3.76. The Labute approximate surface area is 200 Å². The van der Waals surface area contributed by atoms with Gasteiger partial charge in [-0.1, -0.05) is 42.5 Å². The second kappa shape index (κ2) is 8.03. The van der Waals surface area contributed by atoms with Crippen molar-refractivity contribution in [3.05, 3.63) is 94.8 Å². The number of hydrogen-bond donors (Lipinski definition) is 0. The second-order valence-electron chi connectivity index (χ2n) is 9.69. The largest absolute Gasteiger partial charge is 0.335 e. The van der Waals surface area contributed by atoms with E-state index in [4.69, 9.17) is 0 Å². The number of carbonyl (C=O) groups is 1. The van der Waals surface area contributed by atoms with Gasteiger partial charge in [0.25, 0.3) is 5.91 Å². The normalized spacial score (nSPS) is 25.3. The summed E-state index contributed by atoms with van der Waals surface area (Å²) in [6.07, 6.45) is 5.39. The third-order valence-electron chi connectivity index (χ3n) is 7.49. The summed E-state index contributed by atoms with van der Waals surface area (Å²) in [6.45, 7) is 3.22. The lowest BCUT2D eigenvalue weighted by atomic mass is 9.91. The van der Waals surface area contributed by atoms with Crippen LogP contribution in [0.2, 0.25) is 0 Å². The first-order chi connectivity index (χ1) is 16.4. The number of fused-ring (bicyclic) bond motifs is 4. The summed E-state index contributed by atoms with van der Waals surface area (Å²) in [7, 11) is -3.44. The van der Waals surface area contributed by atoms with Crippen LogP contribution in [0.4, 0.5) is 0 Å². The van der Waals surface area contributed by atoms with Crippen molar-refractivity contribution in [3.63, 3.8) is 0 Å². The molecule has 2 fully saturated rings. The van der Waals surface area contributed by atoms with Gasteiger partial charge in [0.2, 0.25) is 0 Å². The minimum absolute atomic E-state index is 0.0187. The van der Waals surface area contributed by atoms with Crippen molar-refractivity contribution in [3.8, 4) is 0 Å². The van der Waals surface area contributed by atoms with Gasteiger partial charge in [0.1, 0.15) is 0 Å². The van der Waals surface area contributed by atoms with E-state index in [-0.39, 0.29) is 29.8 Å². The highest BCUT2D eigenvalue weighted by atomic mass is 32.2. The summed E-state index contributed by atoms with van der Waals surface area (Å²) in [6, 6.07) is 17.5. The van der Waals surface area contributed by atoms with Gasteiger partial charge in [-0.05, 0) is 54.2 Å². The molecule has 1 amide bonds. The van der Waals surface area contributed by atoms with Gasteiger partial charge >= 0.3 is 0 Å². The predicted molar refractivity (Wildman–Crippen MR) is 129 cm³/mol. The van der Waals surface area contributed by atoms with Crippen molar-refractivity contribution in [1.29, 1.82) is 0 Å². The molecule has 6 rings (SSSR count). The molecule has 0 radical (unpaired) electrons. The van der Waals surface area contributed by atoms with Gasteiger partial charge in [0.15, 0.2) is 9.84 Å². The number of aryl methyl sites for hydroxylation is 1. The van der Waals surface area contributed by atoms with Crippen LogP contribution in [0.1, 0.15) is 51.5 Å². The Bertz CT molecular complexity index is 1370. The maximum absolute atomic E-state index is 13.3. The van der Waals surface area contributed by atoms with Crippen molar-refractivity contribution in [2.24, 2.45) is 0 Å². The van der Waals surface area contributed by atoms with Crippen LogP contribution in [0.3, 0.4) is 0 Å². The first kappa shape index (κ1) is 21.5. The number of amides is 1. The Morgan fingerprint density at radius 1 is 0.941 bits per heavy atom. The molecular weight excluding hydrogens is 446 g/mol. The van der Waals surface area contributed by atoms with Gasteiger partial charge in [-0.15, -0.1) is 0 Å². The summed E-state index contributed by atoms with van der Waals surface area (Å²) in [5.41, 5.74) is 4.39. The Balaban J connectivity index is 1.40. The van der Waals surface area contributed by atoms with E-state index in [9.17, 15) is 13.2 Å². The quantitative estimate of drug-likeness (QED) is 0.567. The zero-order valence-corrected chi connectivity index (χ0v) is 19.9. The molecule has 3 atom stereocenters. The van der Waals surface area contributed by atoms with Gasteiger partial charge in [-0.25, -0.2) is 8.42 Å². The van der Waals surface area contributed by atoms with Crippen LogP contribution in [0.5, 0.6) is 0 Å². The summed E-state index contributed by atoms with van der Waals surface area (Å²) in [5, 5.41) is 0. The Morgan fingerprint density at radius 2 is 1.62 bits per heavy atom. The smallest absolute Gasteiger partial charge is 0.255 e. The highest BCUT2D eigenvalue weighted by molar-refractivity contribution is 7.90. The highest BCUT2D eigenvalue weighted by Gasteiger charge is 2.47. The molecule has 2 saturated heterocycles. The number of piperazine rings is 1. The number of aromatic nitrogens is 1. The van der Waals surface area contributed by atoms with Gasteiger partial charge < -0.3 is 4.90 Å². The van der Waals surface area contributed by atoms with Crippen molar-refractivity contribution < 1.29 is 13.2 Å². The fraction of sp³-hybridized carbons (Fsp3) is 0.333. The van der Waals surface area contributed by atoms with Crippen LogP contribution in [0, 0.1) is 6.92 Å². The monoisotopic (exact) mass is 473 g/mol. The number of rotatable bonds is 2. The van der Waals surface area contributed by atoms with Crippen molar-refractivity contribution in [2.75, 3.05) is 13.1 Å². The first-order valence-electron chi connectivity index (χ1n) is 11.8. The maximum atomic E-state index is 13.3. The Hall–Kier alpha value is -3.03. The number of nitrogens with zero attached hydrogens (tertiary/aromatic N) is 3. The minimum atomic E-state index is -3.44. The van der Waals surface area contributed by atoms with Crippen molar-refractivity contribution in [2.45, 2.75) is 48.5 Å². The maximum Gasteiger partial charge on any atom is 0.255 e. The van der Waals surface area contributed by atoms with E-state index in [1.807, 2.05) is 54.3 Å². The molecule has 3 unspecified atom stereocenters. The average Bonchev–Trinajstić information content (AvgIpc) is 3.02. The molecule has 6 nitrogen and oxygen atoms in total. The summed E-state index contributed by atoms with van der Waals surface area (Å²) >= 11 is 0. The fourth-order valence-corrected chi connectivity index (χ4v) is 7.72. The van der Waals surface area contributed by atoms with E-state index in [1.54, 1.807) is 18.5 Å². The van der Waals surface area contributed by atoms with E-state index in [0.717, 1.165) is 35.1 Å². The molecule has 34 heavy (non-hydrogen) atoms. The van der Waals surface area contributed by atoms with Crippen LogP contribution >= 0.6 is 0 Å². The van der Waals surface area contributed by atoms with Gasteiger partial charge in [-0.3, -0.25) is 14.7 Å². The Kier molecular flexibility index (Phi) is 5.08. The zero-order valence-electron chi connectivity index (χ0n) is 19.1. The topological polar surface area (TPSA) is 70.6 Å². The standard InChI is InChI=1S/C27H27N3O3S/c1-18-12-20(14-28-13-18)27(31)29-15-21-10-11-22(16-29)30(21)26-23-7-3-2-6-19(23)17-34(32,33)25-9-5-4-8-24(25)26/h2-9,12-14,21-22,26H,10-11,15-17H2,1H3. The van der Waals surface area contributed by atoms with E-state index in [2.05, 4.69) is 16.0 Å². The molecule has 0 N–H and O–H groups in total. The molecule has 0 spiro atoms. The lowest BCUT2D eigenvalue weighted by Crippen LogP contribution is -2.56. The van der Waals surface area contributed by atoms with E-state index >= 15 is 0 Å². The number of benzene rings is 2. The highest BCUT2D eigenvalue weighted by Crippen LogP contribution is 2.45. The molecule has 174 valence electrons. The molecule has 4 heterocycles. The molecule has 2 aromatic carbocycles. The summed E-state index contributed by atoms with van der Waals surface area (Å²) < 4.78 is 26.6. The Morgan fingerprint density at radius 3 is 2.35 bits per heavy atom. The first-order valence-corrected chi connectivity index (χ1v) is 13.5. The molecule has 0 aliphatic carbocycles. The lowest BCUT2D eigenvalue weighted by Gasteiger charge is -2.45. The molecule has 3 aliphatic rings. The van der Waals surface area contributed by atoms with Crippen molar-refractivity contribution in [1.82, 2.24) is 14.8 Å². The molecule has 3 aliphatic heterocycles. The molecule has 1 aromatic heterocycles. The van der Waals surface area contributed by atoms with E-state index in [0.29, 0.717) is 23.5 Å². The second-order valence-corrected chi connectivity index (χ2v) is 11.6. The lowest BCUT2D eigenvalue weighted by molar-refractivity contribution is 0.0335. The fourth-order valence-electron chi connectivity index (χ4n) is 6.07. The molecule has 3 aromatic rings. The third kappa shape index (κ3) is 3.46. The number of sulfone groups is 1. The third-order valence-corrected chi connectivity index (χ3v) is 9.22. The summed E-state index contributed by atoms with van der Waals surface area (Å²) in [4.78, 5) is 22.4. The van der Waals surface area contributed by atoms with Gasteiger partial charge in [0, 0.05) is 37.6 Å². The van der Waals surface area contributed by atoms with E-state index < -0.39 is 9.84 Å². The number of pyridine rings is 1.